The highest BCUT2D eigenvalue weighted by molar-refractivity contribution is 14.1. The number of hydrogen-bond acceptors (Lipinski definition) is 2. The van der Waals surface area contributed by atoms with E-state index < -0.39 is 0 Å². The quantitative estimate of drug-likeness (QED) is 0.738. The number of halogens is 2. The van der Waals surface area contributed by atoms with Gasteiger partial charge < -0.3 is 4.74 Å². The van der Waals surface area contributed by atoms with E-state index in [2.05, 4.69) is 43.5 Å². The van der Waals surface area contributed by atoms with E-state index in [1.165, 1.54) is 0 Å². The number of rotatable bonds is 1. The molecule has 0 atom stereocenters. The highest BCUT2D eigenvalue weighted by atomic mass is 127. The van der Waals surface area contributed by atoms with E-state index in [1.54, 1.807) is 7.11 Å². The van der Waals surface area contributed by atoms with Crippen LogP contribution in [0.5, 0.6) is 5.75 Å². The lowest BCUT2D eigenvalue weighted by atomic mass is 10.4. The Morgan fingerprint density at radius 1 is 1.54 bits per heavy atom. The Labute approximate surface area is 97.4 Å². The summed E-state index contributed by atoms with van der Waals surface area (Å²) in [5.74, 6) is 0.821. The van der Waals surface area contributed by atoms with E-state index in [-0.39, 0.29) is 0 Å². The van der Waals surface area contributed by atoms with Crippen LogP contribution in [0.3, 0.4) is 0 Å². The average molecular weight is 353 g/mol. The zero-order valence-electron chi connectivity index (χ0n) is 6.79. The molecular weight excluding hydrogens is 347 g/mol. The molecule has 0 spiro atoms. The van der Waals surface area contributed by atoms with Crippen LogP contribution >= 0.6 is 38.5 Å². The zero-order valence-corrected chi connectivity index (χ0v) is 10.5. The van der Waals surface area contributed by atoms with Gasteiger partial charge in [-0.1, -0.05) is 0 Å². The van der Waals surface area contributed by atoms with E-state index >= 15 is 0 Å². The summed E-state index contributed by atoms with van der Waals surface area (Å²) in [6.45, 7) is 0. The average Bonchev–Trinajstić information content (AvgIpc) is 2.43. The summed E-state index contributed by atoms with van der Waals surface area (Å²) in [7, 11) is 1.65. The second-order valence-electron chi connectivity index (χ2n) is 2.49. The van der Waals surface area contributed by atoms with Crippen molar-refractivity contribution >= 4 is 44.2 Å². The fourth-order valence-electron chi connectivity index (χ4n) is 1.09. The minimum atomic E-state index is 0.821. The first-order chi connectivity index (χ1) is 6.22. The van der Waals surface area contributed by atoms with E-state index in [4.69, 9.17) is 4.74 Å². The molecule has 0 fully saturated rings. The topological polar surface area (TPSA) is 26.5 Å². The molecule has 0 aliphatic carbocycles. The lowest BCUT2D eigenvalue weighted by Gasteiger charge is -2.00. The molecule has 0 N–H and O–H groups in total. The van der Waals surface area contributed by atoms with Gasteiger partial charge >= 0.3 is 0 Å². The van der Waals surface area contributed by atoms with Gasteiger partial charge in [0, 0.05) is 0 Å². The van der Waals surface area contributed by atoms with Crippen LogP contribution in [-0.2, 0) is 0 Å². The van der Waals surface area contributed by atoms with Gasteiger partial charge in [0.1, 0.15) is 19.7 Å². The van der Waals surface area contributed by atoms with Gasteiger partial charge in [-0.05, 0) is 50.7 Å². The summed E-state index contributed by atoms with van der Waals surface area (Å²) in [5, 5.41) is 0. The molecule has 2 aromatic heterocycles. The van der Waals surface area contributed by atoms with E-state index in [0.717, 1.165) is 19.7 Å². The number of hydrogen-bond donors (Lipinski definition) is 0. The molecule has 0 aliphatic heterocycles. The minimum Gasteiger partial charge on any atom is -0.495 e. The summed E-state index contributed by atoms with van der Waals surface area (Å²) in [5.41, 5.74) is 0.914. The van der Waals surface area contributed by atoms with Crippen molar-refractivity contribution in [3.63, 3.8) is 0 Å². The fourth-order valence-corrected chi connectivity index (χ4v) is 1.97. The first-order valence-electron chi connectivity index (χ1n) is 3.59. The lowest BCUT2D eigenvalue weighted by Crippen LogP contribution is -1.88. The molecule has 0 saturated heterocycles. The number of nitrogens with zero attached hydrogens (tertiary/aromatic N) is 2. The molecule has 0 amide bonds. The Bertz CT molecular complexity index is 455. The monoisotopic (exact) mass is 352 g/mol. The minimum absolute atomic E-state index is 0.821. The third kappa shape index (κ3) is 1.54. The summed E-state index contributed by atoms with van der Waals surface area (Å²) < 4.78 is 8.97. The van der Waals surface area contributed by atoms with Crippen molar-refractivity contribution < 1.29 is 4.74 Å². The van der Waals surface area contributed by atoms with Gasteiger partial charge in [-0.15, -0.1) is 0 Å². The predicted octanol–water partition coefficient (Wildman–Crippen LogP) is 2.71. The Morgan fingerprint density at radius 2 is 2.31 bits per heavy atom. The van der Waals surface area contributed by atoms with Crippen molar-refractivity contribution in [3.8, 4) is 5.75 Å². The molecule has 2 rings (SSSR count). The smallest absolute Gasteiger partial charge is 0.139 e. The van der Waals surface area contributed by atoms with Gasteiger partial charge in [0.25, 0.3) is 0 Å². The van der Waals surface area contributed by atoms with Crippen LogP contribution in [0.25, 0.3) is 5.65 Å². The van der Waals surface area contributed by atoms with Crippen molar-refractivity contribution in [1.82, 2.24) is 9.38 Å². The van der Waals surface area contributed by atoms with Crippen LogP contribution in [0, 0.1) is 3.70 Å². The van der Waals surface area contributed by atoms with Gasteiger partial charge in [0.05, 0.1) is 13.3 Å². The number of aromatic nitrogens is 2. The lowest BCUT2D eigenvalue weighted by molar-refractivity contribution is 0.412. The summed E-state index contributed by atoms with van der Waals surface area (Å²) >= 11 is 5.63. The normalized spacial score (nSPS) is 10.7. The van der Waals surface area contributed by atoms with E-state index in [9.17, 15) is 0 Å². The highest BCUT2D eigenvalue weighted by Gasteiger charge is 2.06. The van der Waals surface area contributed by atoms with Crippen molar-refractivity contribution in [2.45, 2.75) is 0 Å². The largest absolute Gasteiger partial charge is 0.495 e. The van der Waals surface area contributed by atoms with Crippen molar-refractivity contribution in [2.24, 2.45) is 0 Å². The van der Waals surface area contributed by atoms with E-state index in [1.807, 2.05) is 22.7 Å². The zero-order chi connectivity index (χ0) is 9.42. The predicted molar refractivity (Wildman–Crippen MR) is 62.2 cm³/mol. The summed E-state index contributed by atoms with van der Waals surface area (Å²) in [6.07, 6.45) is 1.90. The second-order valence-corrected chi connectivity index (χ2v) is 4.26. The van der Waals surface area contributed by atoms with Crippen LogP contribution in [0.2, 0.25) is 0 Å². The molecule has 3 nitrogen and oxygen atoms in total. The molecule has 0 unspecified atom stereocenters. The van der Waals surface area contributed by atoms with Crippen molar-refractivity contribution in [1.29, 1.82) is 0 Å². The Balaban J connectivity index is 2.75. The second kappa shape index (κ2) is 3.45. The number of imidazole rings is 1. The molecule has 0 radical (unpaired) electrons. The van der Waals surface area contributed by atoms with Crippen LogP contribution < -0.4 is 4.74 Å². The van der Waals surface area contributed by atoms with Gasteiger partial charge in [0.15, 0.2) is 0 Å². The molecule has 68 valence electrons. The molecule has 5 heteroatoms. The maximum absolute atomic E-state index is 5.11. The third-order valence-electron chi connectivity index (χ3n) is 1.73. The number of pyridine rings is 1. The maximum atomic E-state index is 5.11. The van der Waals surface area contributed by atoms with Gasteiger partial charge in [0.2, 0.25) is 0 Å². The SMILES string of the molecule is COc1ccc2nc(I)c(Br)n2c1. The Morgan fingerprint density at radius 3 is 3.00 bits per heavy atom. The Kier molecular flexibility index (Phi) is 2.46. The Hall–Kier alpha value is -0.300. The molecule has 13 heavy (non-hydrogen) atoms. The van der Waals surface area contributed by atoms with Crippen molar-refractivity contribution in [3.05, 3.63) is 26.6 Å². The first kappa shape index (κ1) is 9.26. The van der Waals surface area contributed by atoms with Gasteiger partial charge in [-0.3, -0.25) is 4.40 Å². The summed E-state index contributed by atoms with van der Waals surface area (Å²) in [6, 6.07) is 3.82. The van der Waals surface area contributed by atoms with Crippen LogP contribution in [-0.4, -0.2) is 16.5 Å². The standard InChI is InChI=1S/C8H6BrIN2O/c1-13-5-2-3-6-11-8(10)7(9)12(6)4-5/h2-4H,1H3. The summed E-state index contributed by atoms with van der Waals surface area (Å²) in [4.78, 5) is 4.34. The number of fused-ring (bicyclic) bond motifs is 1. The van der Waals surface area contributed by atoms with Crippen LogP contribution in [0.4, 0.5) is 0 Å². The molecule has 0 aliphatic rings. The molecule has 0 saturated carbocycles. The highest BCUT2D eigenvalue weighted by Crippen LogP contribution is 2.22. The first-order valence-corrected chi connectivity index (χ1v) is 5.46. The van der Waals surface area contributed by atoms with Crippen molar-refractivity contribution in [2.75, 3.05) is 7.11 Å². The van der Waals surface area contributed by atoms with Crippen LogP contribution in [0.15, 0.2) is 22.9 Å². The number of ether oxygens (including phenoxy) is 1. The molecule has 2 heterocycles. The maximum Gasteiger partial charge on any atom is 0.139 e. The number of methoxy groups -OCH3 is 1. The third-order valence-corrected chi connectivity index (χ3v) is 3.98. The van der Waals surface area contributed by atoms with Gasteiger partial charge in [-0.25, -0.2) is 4.98 Å². The molecule has 0 bridgehead atoms. The molecule has 2 aromatic rings. The molecule has 0 aromatic carbocycles. The van der Waals surface area contributed by atoms with Gasteiger partial charge in [-0.2, -0.15) is 0 Å². The van der Waals surface area contributed by atoms with E-state index in [0.29, 0.717) is 0 Å². The molecular formula is C8H6BrIN2O. The van der Waals surface area contributed by atoms with Crippen LogP contribution in [0.1, 0.15) is 0 Å². The fraction of sp³-hybridized carbons (Fsp3) is 0.125.